The molecule has 1 N–H and O–H groups in total. The minimum absolute atomic E-state index is 0.0433. The van der Waals surface area contributed by atoms with Gasteiger partial charge in [0.2, 0.25) is 5.91 Å². The van der Waals surface area contributed by atoms with Crippen LogP contribution in [-0.4, -0.2) is 48.0 Å². The van der Waals surface area contributed by atoms with E-state index in [0.29, 0.717) is 13.2 Å². The van der Waals surface area contributed by atoms with E-state index in [1.165, 1.54) is 10.3 Å². The number of amides is 1. The maximum Gasteiger partial charge on any atom is 0.309 e. The smallest absolute Gasteiger partial charge is 0.309 e. The fourth-order valence-electron chi connectivity index (χ4n) is 3.84. The van der Waals surface area contributed by atoms with E-state index in [9.17, 15) is 9.59 Å². The van der Waals surface area contributed by atoms with Crippen LogP contribution in [0.4, 0.5) is 5.69 Å². The van der Waals surface area contributed by atoms with E-state index >= 15 is 0 Å². The standard InChI is InChI=1S/C24H27N3O3S/c1-3-30-24(29)18-10-12-27(13-11-18)15-22(28)25-19-7-5-17(6-8-19)23-26-20-9-4-16(2)14-21(20)31-23/h4-9,14,18H,3,10-13,15H2,1-2H3,(H,25,28). The van der Waals surface area contributed by atoms with E-state index < -0.39 is 0 Å². The number of nitrogens with zero attached hydrogens (tertiary/aromatic N) is 2. The molecule has 1 aliphatic rings. The molecule has 0 bridgehead atoms. The van der Waals surface area contributed by atoms with Crippen molar-refractivity contribution in [2.24, 2.45) is 5.92 Å². The number of hydrogen-bond acceptors (Lipinski definition) is 6. The Morgan fingerprint density at radius 1 is 1.16 bits per heavy atom. The Morgan fingerprint density at radius 3 is 2.61 bits per heavy atom. The lowest BCUT2D eigenvalue weighted by Crippen LogP contribution is -2.41. The van der Waals surface area contributed by atoms with Gasteiger partial charge in [-0.2, -0.15) is 0 Å². The Bertz CT molecular complexity index is 1070. The van der Waals surface area contributed by atoms with Crippen LogP contribution >= 0.6 is 11.3 Å². The third kappa shape index (κ3) is 5.29. The number of rotatable bonds is 6. The molecule has 4 rings (SSSR count). The summed E-state index contributed by atoms with van der Waals surface area (Å²) >= 11 is 1.67. The molecule has 0 saturated carbocycles. The van der Waals surface area contributed by atoms with Gasteiger partial charge in [-0.1, -0.05) is 6.07 Å². The van der Waals surface area contributed by atoms with Crippen molar-refractivity contribution in [1.29, 1.82) is 0 Å². The van der Waals surface area contributed by atoms with Gasteiger partial charge in [-0.25, -0.2) is 4.98 Å². The SMILES string of the molecule is CCOC(=O)C1CCN(CC(=O)Nc2ccc(-c3nc4ccc(C)cc4s3)cc2)CC1. The van der Waals surface area contributed by atoms with Crippen molar-refractivity contribution >= 4 is 39.1 Å². The summed E-state index contributed by atoms with van der Waals surface area (Å²) in [7, 11) is 0. The summed E-state index contributed by atoms with van der Waals surface area (Å²) in [6.07, 6.45) is 1.48. The molecule has 0 radical (unpaired) electrons. The number of hydrogen-bond donors (Lipinski definition) is 1. The quantitative estimate of drug-likeness (QED) is 0.576. The van der Waals surface area contributed by atoms with Crippen LogP contribution in [0.15, 0.2) is 42.5 Å². The average molecular weight is 438 g/mol. The van der Waals surface area contributed by atoms with Crippen LogP contribution < -0.4 is 5.32 Å². The van der Waals surface area contributed by atoms with Crippen LogP contribution in [0.1, 0.15) is 25.3 Å². The number of thiazole rings is 1. The minimum Gasteiger partial charge on any atom is -0.466 e. The number of likely N-dealkylation sites (tertiary alicyclic amines) is 1. The van der Waals surface area contributed by atoms with E-state index in [0.717, 1.165) is 47.7 Å². The number of piperidine rings is 1. The molecule has 2 heterocycles. The van der Waals surface area contributed by atoms with Gasteiger partial charge in [0.15, 0.2) is 0 Å². The lowest BCUT2D eigenvalue weighted by atomic mass is 9.97. The zero-order valence-electron chi connectivity index (χ0n) is 17.9. The molecule has 0 aliphatic carbocycles. The van der Waals surface area contributed by atoms with Crippen LogP contribution in [0, 0.1) is 12.8 Å². The second-order valence-corrected chi connectivity index (χ2v) is 8.95. The molecule has 6 nitrogen and oxygen atoms in total. The van der Waals surface area contributed by atoms with Gasteiger partial charge in [-0.05, 0) is 81.7 Å². The highest BCUT2D eigenvalue weighted by atomic mass is 32.1. The van der Waals surface area contributed by atoms with Crippen LogP contribution in [0.2, 0.25) is 0 Å². The molecule has 0 unspecified atom stereocenters. The molecule has 162 valence electrons. The summed E-state index contributed by atoms with van der Waals surface area (Å²) in [5.41, 5.74) is 4.05. The Hall–Kier alpha value is -2.77. The molecular weight excluding hydrogens is 410 g/mol. The topological polar surface area (TPSA) is 71.5 Å². The maximum atomic E-state index is 12.4. The predicted molar refractivity (Wildman–Crippen MR) is 124 cm³/mol. The summed E-state index contributed by atoms with van der Waals surface area (Å²) in [6.45, 7) is 6.11. The second kappa shape index (κ2) is 9.58. The number of fused-ring (bicyclic) bond motifs is 1. The third-order valence-electron chi connectivity index (χ3n) is 5.53. The summed E-state index contributed by atoms with van der Waals surface area (Å²) in [5.74, 6) is -0.203. The van der Waals surface area contributed by atoms with Gasteiger partial charge in [-0.15, -0.1) is 11.3 Å². The summed E-state index contributed by atoms with van der Waals surface area (Å²) < 4.78 is 6.28. The molecule has 31 heavy (non-hydrogen) atoms. The predicted octanol–water partition coefficient (Wildman–Crippen LogP) is 4.49. The summed E-state index contributed by atoms with van der Waals surface area (Å²) in [6, 6.07) is 14.1. The van der Waals surface area contributed by atoms with E-state index in [-0.39, 0.29) is 17.8 Å². The van der Waals surface area contributed by atoms with Crippen LogP contribution in [-0.2, 0) is 14.3 Å². The first-order valence-corrected chi connectivity index (χ1v) is 11.5. The number of anilines is 1. The number of aryl methyl sites for hydroxylation is 1. The molecule has 3 aromatic rings. The zero-order valence-corrected chi connectivity index (χ0v) is 18.7. The van der Waals surface area contributed by atoms with Gasteiger partial charge in [0, 0.05) is 11.3 Å². The summed E-state index contributed by atoms with van der Waals surface area (Å²) in [4.78, 5) is 31.1. The van der Waals surface area contributed by atoms with Gasteiger partial charge in [0.05, 0.1) is 29.3 Å². The molecule has 1 amide bonds. The van der Waals surface area contributed by atoms with Gasteiger partial charge >= 0.3 is 5.97 Å². The lowest BCUT2D eigenvalue weighted by molar-refractivity contribution is -0.149. The van der Waals surface area contributed by atoms with Crippen molar-refractivity contribution in [2.45, 2.75) is 26.7 Å². The van der Waals surface area contributed by atoms with E-state index in [4.69, 9.17) is 9.72 Å². The second-order valence-electron chi connectivity index (χ2n) is 7.92. The highest BCUT2D eigenvalue weighted by Crippen LogP contribution is 2.31. The van der Waals surface area contributed by atoms with Gasteiger partial charge < -0.3 is 10.1 Å². The molecule has 1 fully saturated rings. The van der Waals surface area contributed by atoms with Crippen molar-refractivity contribution in [2.75, 3.05) is 31.6 Å². The average Bonchev–Trinajstić information content (AvgIpc) is 3.18. The van der Waals surface area contributed by atoms with Gasteiger partial charge in [0.1, 0.15) is 5.01 Å². The van der Waals surface area contributed by atoms with Crippen molar-refractivity contribution in [3.05, 3.63) is 48.0 Å². The maximum absolute atomic E-state index is 12.4. The first kappa shape index (κ1) is 21.5. The zero-order chi connectivity index (χ0) is 21.8. The largest absolute Gasteiger partial charge is 0.466 e. The molecule has 1 aliphatic heterocycles. The highest BCUT2D eigenvalue weighted by Gasteiger charge is 2.26. The third-order valence-corrected chi connectivity index (χ3v) is 6.60. The van der Waals surface area contributed by atoms with Crippen molar-refractivity contribution < 1.29 is 14.3 Å². The Morgan fingerprint density at radius 2 is 1.90 bits per heavy atom. The molecule has 1 saturated heterocycles. The molecule has 2 aromatic carbocycles. The number of aromatic nitrogens is 1. The van der Waals surface area contributed by atoms with Crippen LogP contribution in [0.3, 0.4) is 0 Å². The summed E-state index contributed by atoms with van der Waals surface area (Å²) in [5, 5.41) is 3.94. The van der Waals surface area contributed by atoms with E-state index in [2.05, 4.69) is 35.3 Å². The highest BCUT2D eigenvalue weighted by molar-refractivity contribution is 7.21. The monoisotopic (exact) mass is 437 g/mol. The number of carbonyl (C=O) groups is 2. The van der Waals surface area contributed by atoms with E-state index in [1.54, 1.807) is 11.3 Å². The fraction of sp³-hybridized carbons (Fsp3) is 0.375. The molecular formula is C24H27N3O3S. The number of nitrogens with one attached hydrogen (secondary N) is 1. The van der Waals surface area contributed by atoms with E-state index in [1.807, 2.05) is 31.2 Å². The first-order valence-electron chi connectivity index (χ1n) is 10.7. The molecule has 1 aromatic heterocycles. The van der Waals surface area contributed by atoms with Gasteiger partial charge in [-0.3, -0.25) is 14.5 Å². The van der Waals surface area contributed by atoms with Crippen molar-refractivity contribution in [3.63, 3.8) is 0 Å². The number of esters is 1. The Kier molecular flexibility index (Phi) is 6.63. The van der Waals surface area contributed by atoms with Crippen LogP contribution in [0.5, 0.6) is 0 Å². The Balaban J connectivity index is 1.30. The van der Waals surface area contributed by atoms with Crippen LogP contribution in [0.25, 0.3) is 20.8 Å². The first-order chi connectivity index (χ1) is 15.0. The van der Waals surface area contributed by atoms with Gasteiger partial charge in [0.25, 0.3) is 0 Å². The normalized spacial score (nSPS) is 15.2. The van der Waals surface area contributed by atoms with Crippen molar-refractivity contribution in [1.82, 2.24) is 9.88 Å². The van der Waals surface area contributed by atoms with Crippen molar-refractivity contribution in [3.8, 4) is 10.6 Å². The number of carbonyl (C=O) groups excluding carboxylic acids is 2. The minimum atomic E-state index is -0.116. The molecule has 0 atom stereocenters. The Labute approximate surface area is 186 Å². The molecule has 7 heteroatoms. The fourth-order valence-corrected chi connectivity index (χ4v) is 4.91. The lowest BCUT2D eigenvalue weighted by Gasteiger charge is -2.30. The molecule has 0 spiro atoms. The number of benzene rings is 2. The number of ether oxygens (including phenoxy) is 1.